The van der Waals surface area contributed by atoms with Crippen LogP contribution in [0.3, 0.4) is 0 Å². The monoisotopic (exact) mass is 462 g/mol. The van der Waals surface area contributed by atoms with Gasteiger partial charge in [-0.1, -0.05) is 24.3 Å². The zero-order chi connectivity index (χ0) is 22.4. The minimum absolute atomic E-state index is 0.258. The molecular formula is C22H26N2O5S2. The Bertz CT molecular complexity index is 1030. The first kappa shape index (κ1) is 23.3. The number of carbonyl (C=O) groups excluding carboxylic acids is 2. The molecule has 1 N–H and O–H groups in total. The molecule has 1 heterocycles. The molecule has 1 saturated heterocycles. The van der Waals surface area contributed by atoms with Gasteiger partial charge in [-0.3, -0.25) is 9.59 Å². The van der Waals surface area contributed by atoms with Gasteiger partial charge in [0, 0.05) is 24.5 Å². The molecule has 1 fully saturated rings. The number of carbonyl (C=O) groups is 2. The van der Waals surface area contributed by atoms with Crippen molar-refractivity contribution in [3.05, 3.63) is 59.7 Å². The normalized spacial score (nSPS) is 15.4. The van der Waals surface area contributed by atoms with Crippen LogP contribution < -0.4 is 5.32 Å². The zero-order valence-corrected chi connectivity index (χ0v) is 19.2. The van der Waals surface area contributed by atoms with Crippen LogP contribution in [-0.4, -0.2) is 50.0 Å². The van der Waals surface area contributed by atoms with Gasteiger partial charge < -0.3 is 10.1 Å². The molecule has 1 amide bonds. The van der Waals surface area contributed by atoms with Crippen molar-refractivity contribution >= 4 is 33.7 Å². The SMILES string of the molecule is COC(=O)C(C)Sc1ccccc1C(=O)NCc1ccc(S(=O)(=O)N2CCCC2)cc1. The van der Waals surface area contributed by atoms with E-state index in [1.165, 1.54) is 23.2 Å². The zero-order valence-electron chi connectivity index (χ0n) is 17.5. The molecule has 2 aromatic carbocycles. The topological polar surface area (TPSA) is 92.8 Å². The molecule has 1 aliphatic rings. The van der Waals surface area contributed by atoms with Crippen molar-refractivity contribution in [3.63, 3.8) is 0 Å². The van der Waals surface area contributed by atoms with E-state index in [1.54, 1.807) is 49.4 Å². The van der Waals surface area contributed by atoms with E-state index in [-0.39, 0.29) is 23.3 Å². The second-order valence-electron chi connectivity index (χ2n) is 7.22. The van der Waals surface area contributed by atoms with Crippen molar-refractivity contribution in [1.29, 1.82) is 0 Å². The molecule has 0 saturated carbocycles. The molecule has 1 unspecified atom stereocenters. The van der Waals surface area contributed by atoms with Crippen LogP contribution in [0.4, 0.5) is 0 Å². The molecule has 1 atom stereocenters. The molecule has 3 rings (SSSR count). The van der Waals surface area contributed by atoms with Crippen molar-refractivity contribution in [2.24, 2.45) is 0 Å². The Morgan fingerprint density at radius 1 is 1.10 bits per heavy atom. The fourth-order valence-corrected chi connectivity index (χ4v) is 5.83. The van der Waals surface area contributed by atoms with Gasteiger partial charge in [0.05, 0.1) is 17.6 Å². The molecule has 2 aromatic rings. The van der Waals surface area contributed by atoms with E-state index in [0.29, 0.717) is 23.5 Å². The Kier molecular flexibility index (Phi) is 7.74. The third-order valence-corrected chi connectivity index (χ3v) is 8.12. The molecule has 0 spiro atoms. The fraction of sp³-hybridized carbons (Fsp3) is 0.364. The molecule has 1 aliphatic heterocycles. The number of nitrogens with one attached hydrogen (secondary N) is 1. The number of hydrogen-bond acceptors (Lipinski definition) is 6. The molecule has 7 nitrogen and oxygen atoms in total. The molecule has 0 radical (unpaired) electrons. The lowest BCUT2D eigenvalue weighted by Gasteiger charge is -2.16. The Balaban J connectivity index is 1.64. The van der Waals surface area contributed by atoms with Gasteiger partial charge >= 0.3 is 5.97 Å². The van der Waals surface area contributed by atoms with Crippen molar-refractivity contribution in [3.8, 4) is 0 Å². The van der Waals surface area contributed by atoms with Crippen LogP contribution in [0.1, 0.15) is 35.7 Å². The van der Waals surface area contributed by atoms with Crippen LogP contribution in [0.5, 0.6) is 0 Å². The third kappa shape index (κ3) is 5.66. The number of rotatable bonds is 8. The Hall–Kier alpha value is -2.36. The van der Waals surface area contributed by atoms with Gasteiger partial charge in [-0.25, -0.2) is 8.42 Å². The Morgan fingerprint density at radius 3 is 2.39 bits per heavy atom. The average molecular weight is 463 g/mol. The van der Waals surface area contributed by atoms with Gasteiger partial charge in [0.15, 0.2) is 0 Å². The predicted molar refractivity (Wildman–Crippen MR) is 119 cm³/mol. The number of hydrogen-bond donors (Lipinski definition) is 1. The van der Waals surface area contributed by atoms with Crippen LogP contribution in [0.2, 0.25) is 0 Å². The van der Waals surface area contributed by atoms with Crippen LogP contribution in [0.25, 0.3) is 0 Å². The largest absolute Gasteiger partial charge is 0.468 e. The van der Waals surface area contributed by atoms with E-state index in [0.717, 1.165) is 18.4 Å². The summed E-state index contributed by atoms with van der Waals surface area (Å²) in [6.45, 7) is 3.11. The summed E-state index contributed by atoms with van der Waals surface area (Å²) in [6.07, 6.45) is 1.78. The Labute approximate surface area is 187 Å². The maximum atomic E-state index is 12.7. The van der Waals surface area contributed by atoms with Gasteiger partial charge in [-0.05, 0) is 49.6 Å². The molecule has 9 heteroatoms. The van der Waals surface area contributed by atoms with Crippen LogP contribution in [0, 0.1) is 0 Å². The summed E-state index contributed by atoms with van der Waals surface area (Å²) in [5.41, 5.74) is 1.26. The molecule has 166 valence electrons. The predicted octanol–water partition coefficient (Wildman–Crippen LogP) is 3.05. The average Bonchev–Trinajstić information content (AvgIpc) is 3.33. The first-order valence-electron chi connectivity index (χ1n) is 10.0. The summed E-state index contributed by atoms with van der Waals surface area (Å²) < 4.78 is 31.5. The number of nitrogens with zero attached hydrogens (tertiary/aromatic N) is 1. The maximum Gasteiger partial charge on any atom is 0.318 e. The smallest absolute Gasteiger partial charge is 0.318 e. The van der Waals surface area contributed by atoms with Gasteiger partial charge in [0.1, 0.15) is 5.25 Å². The van der Waals surface area contributed by atoms with E-state index >= 15 is 0 Å². The van der Waals surface area contributed by atoms with Crippen LogP contribution >= 0.6 is 11.8 Å². The van der Waals surface area contributed by atoms with Crippen molar-refractivity contribution in [2.45, 2.75) is 41.4 Å². The lowest BCUT2D eigenvalue weighted by molar-refractivity contribution is -0.139. The van der Waals surface area contributed by atoms with Crippen molar-refractivity contribution < 1.29 is 22.7 Å². The number of esters is 1. The molecule has 0 aliphatic carbocycles. The van der Waals surface area contributed by atoms with Crippen LogP contribution in [0.15, 0.2) is 58.3 Å². The fourth-order valence-electron chi connectivity index (χ4n) is 3.30. The van der Waals surface area contributed by atoms with Gasteiger partial charge in [-0.2, -0.15) is 4.31 Å². The van der Waals surface area contributed by atoms with Gasteiger partial charge in [-0.15, -0.1) is 11.8 Å². The third-order valence-electron chi connectivity index (χ3n) is 5.05. The highest BCUT2D eigenvalue weighted by Gasteiger charge is 2.27. The summed E-state index contributed by atoms with van der Waals surface area (Å²) in [5, 5.41) is 2.42. The highest BCUT2D eigenvalue weighted by atomic mass is 32.2. The van der Waals surface area contributed by atoms with Crippen LogP contribution in [-0.2, 0) is 26.1 Å². The first-order chi connectivity index (χ1) is 14.8. The van der Waals surface area contributed by atoms with E-state index in [4.69, 9.17) is 4.74 Å². The van der Waals surface area contributed by atoms with Gasteiger partial charge in [0.25, 0.3) is 5.91 Å². The van der Waals surface area contributed by atoms with Crippen molar-refractivity contribution in [2.75, 3.05) is 20.2 Å². The molecule has 31 heavy (non-hydrogen) atoms. The molecule has 0 bridgehead atoms. The van der Waals surface area contributed by atoms with E-state index in [1.807, 2.05) is 6.07 Å². The maximum absolute atomic E-state index is 12.7. The molecular weight excluding hydrogens is 436 g/mol. The summed E-state index contributed by atoms with van der Waals surface area (Å²) in [4.78, 5) is 25.4. The van der Waals surface area contributed by atoms with E-state index in [2.05, 4.69) is 5.32 Å². The molecule has 0 aromatic heterocycles. The lowest BCUT2D eigenvalue weighted by Crippen LogP contribution is -2.28. The Morgan fingerprint density at radius 2 is 1.74 bits per heavy atom. The first-order valence-corrected chi connectivity index (χ1v) is 12.4. The minimum atomic E-state index is -3.45. The second kappa shape index (κ2) is 10.3. The van der Waals surface area contributed by atoms with E-state index in [9.17, 15) is 18.0 Å². The quantitative estimate of drug-likeness (QED) is 0.479. The summed E-state index contributed by atoms with van der Waals surface area (Å²) in [6, 6.07) is 13.6. The number of amides is 1. The second-order valence-corrected chi connectivity index (χ2v) is 10.5. The highest BCUT2D eigenvalue weighted by molar-refractivity contribution is 8.00. The highest BCUT2D eigenvalue weighted by Crippen LogP contribution is 2.27. The summed E-state index contributed by atoms with van der Waals surface area (Å²) >= 11 is 1.26. The summed E-state index contributed by atoms with van der Waals surface area (Å²) in [5.74, 6) is -0.627. The van der Waals surface area contributed by atoms with E-state index < -0.39 is 15.3 Å². The summed E-state index contributed by atoms with van der Waals surface area (Å²) in [7, 11) is -2.12. The number of thioether (sulfide) groups is 1. The number of ether oxygens (including phenoxy) is 1. The number of sulfonamides is 1. The number of methoxy groups -OCH3 is 1. The van der Waals surface area contributed by atoms with Gasteiger partial charge in [0.2, 0.25) is 10.0 Å². The lowest BCUT2D eigenvalue weighted by atomic mass is 10.2. The van der Waals surface area contributed by atoms with Crippen molar-refractivity contribution in [1.82, 2.24) is 9.62 Å². The minimum Gasteiger partial charge on any atom is -0.468 e. The standard InChI is InChI=1S/C22H26N2O5S2/c1-16(22(26)29-2)30-20-8-4-3-7-19(20)21(25)23-15-17-9-11-18(12-10-17)31(27,28)24-13-5-6-14-24/h3-4,7-12,16H,5-6,13-15H2,1-2H3,(H,23,25). The number of benzene rings is 2.